The number of rotatable bonds is 7. The van der Waals surface area contributed by atoms with Crippen LogP contribution in [0.25, 0.3) is 0 Å². The molecule has 0 aromatic carbocycles. The summed E-state index contributed by atoms with van der Waals surface area (Å²) >= 11 is 1.54. The second-order valence-electron chi connectivity index (χ2n) is 6.59. The quantitative estimate of drug-likeness (QED) is 0.787. The van der Waals surface area contributed by atoms with E-state index in [0.29, 0.717) is 18.2 Å². The Balaban J connectivity index is 1.77. The average molecular weight is 353 g/mol. The van der Waals surface area contributed by atoms with E-state index in [0.717, 1.165) is 43.8 Å². The third-order valence-electron chi connectivity index (χ3n) is 4.20. The van der Waals surface area contributed by atoms with Crippen LogP contribution in [0.1, 0.15) is 61.3 Å². The number of aromatic nitrogens is 1. The van der Waals surface area contributed by atoms with E-state index in [4.69, 9.17) is 0 Å². The summed E-state index contributed by atoms with van der Waals surface area (Å²) in [5, 5.41) is 6.00. The second-order valence-corrected chi connectivity index (χ2v) is 7.48. The highest BCUT2D eigenvalue weighted by Crippen LogP contribution is 2.23. The molecule has 1 aliphatic rings. The van der Waals surface area contributed by atoms with Gasteiger partial charge in [-0.3, -0.25) is 14.5 Å². The van der Waals surface area contributed by atoms with Gasteiger partial charge in [-0.25, -0.2) is 4.98 Å². The molecule has 1 fully saturated rings. The van der Waals surface area contributed by atoms with E-state index in [1.807, 2.05) is 6.92 Å². The van der Waals surface area contributed by atoms with Crippen molar-refractivity contribution in [1.29, 1.82) is 0 Å². The molecule has 134 valence electrons. The molecule has 0 bridgehead atoms. The van der Waals surface area contributed by atoms with Gasteiger partial charge in [-0.2, -0.15) is 0 Å². The summed E-state index contributed by atoms with van der Waals surface area (Å²) in [6.07, 6.45) is 2.69. The molecule has 0 unspecified atom stereocenters. The van der Waals surface area contributed by atoms with Crippen molar-refractivity contribution in [2.45, 2.75) is 52.0 Å². The standard InChI is InChI=1S/C17H28N4O2S/c1-4-7-18-14(22)10-21-8-5-13(6-9-21)20-17(23)15-16(12(2)3)24-11-19-15/h11-13H,4-10H2,1-3H3,(H,18,22)(H,20,23). The zero-order valence-corrected chi connectivity index (χ0v) is 15.6. The van der Waals surface area contributed by atoms with Gasteiger partial charge in [0.1, 0.15) is 5.69 Å². The zero-order chi connectivity index (χ0) is 17.5. The number of thiazole rings is 1. The summed E-state index contributed by atoms with van der Waals surface area (Å²) in [4.78, 5) is 31.6. The van der Waals surface area contributed by atoms with Gasteiger partial charge in [0.05, 0.1) is 12.1 Å². The number of hydrogen-bond donors (Lipinski definition) is 2. The van der Waals surface area contributed by atoms with Crippen LogP contribution in [0.4, 0.5) is 0 Å². The summed E-state index contributed by atoms with van der Waals surface area (Å²) in [6, 6.07) is 0.161. The summed E-state index contributed by atoms with van der Waals surface area (Å²) in [6.45, 7) is 9.04. The van der Waals surface area contributed by atoms with Crippen molar-refractivity contribution in [3.8, 4) is 0 Å². The van der Waals surface area contributed by atoms with E-state index in [9.17, 15) is 9.59 Å². The molecule has 0 spiro atoms. The average Bonchev–Trinajstić information content (AvgIpc) is 3.05. The van der Waals surface area contributed by atoms with Crippen molar-refractivity contribution < 1.29 is 9.59 Å². The maximum atomic E-state index is 12.4. The van der Waals surface area contributed by atoms with Gasteiger partial charge in [0.15, 0.2) is 0 Å². The van der Waals surface area contributed by atoms with Crippen LogP contribution in [0.15, 0.2) is 5.51 Å². The first-order chi connectivity index (χ1) is 11.5. The van der Waals surface area contributed by atoms with E-state index in [-0.39, 0.29) is 17.9 Å². The lowest BCUT2D eigenvalue weighted by Gasteiger charge is -2.31. The van der Waals surface area contributed by atoms with Crippen molar-refractivity contribution in [2.24, 2.45) is 0 Å². The topological polar surface area (TPSA) is 74.3 Å². The molecular formula is C17H28N4O2S. The Bertz CT molecular complexity index is 551. The van der Waals surface area contributed by atoms with Crippen LogP contribution in [0.5, 0.6) is 0 Å². The fraction of sp³-hybridized carbons (Fsp3) is 0.706. The lowest BCUT2D eigenvalue weighted by molar-refractivity contribution is -0.122. The highest BCUT2D eigenvalue weighted by atomic mass is 32.1. The Labute approximate surface area is 148 Å². The number of amides is 2. The first kappa shape index (κ1) is 18.9. The lowest BCUT2D eigenvalue weighted by Crippen LogP contribution is -2.47. The van der Waals surface area contributed by atoms with Gasteiger partial charge in [-0.1, -0.05) is 20.8 Å². The number of likely N-dealkylation sites (tertiary alicyclic amines) is 1. The molecule has 24 heavy (non-hydrogen) atoms. The molecule has 0 atom stereocenters. The summed E-state index contributed by atoms with van der Waals surface area (Å²) < 4.78 is 0. The predicted molar refractivity (Wildman–Crippen MR) is 96.4 cm³/mol. The highest BCUT2D eigenvalue weighted by Gasteiger charge is 2.24. The summed E-state index contributed by atoms with van der Waals surface area (Å²) in [7, 11) is 0. The largest absolute Gasteiger partial charge is 0.355 e. The Kier molecular flexibility index (Phi) is 7.17. The van der Waals surface area contributed by atoms with Gasteiger partial charge in [0, 0.05) is 30.6 Å². The third-order valence-corrected chi connectivity index (χ3v) is 5.33. The van der Waals surface area contributed by atoms with Crippen molar-refractivity contribution in [3.05, 3.63) is 16.1 Å². The van der Waals surface area contributed by atoms with E-state index in [1.165, 1.54) is 11.3 Å². The van der Waals surface area contributed by atoms with Crippen LogP contribution in [0, 0.1) is 0 Å². The van der Waals surface area contributed by atoms with Crippen LogP contribution in [-0.4, -0.2) is 53.9 Å². The molecule has 0 radical (unpaired) electrons. The molecule has 2 heterocycles. The molecule has 2 rings (SSSR count). The predicted octanol–water partition coefficient (Wildman–Crippen LogP) is 1.99. The molecule has 1 aliphatic heterocycles. The maximum Gasteiger partial charge on any atom is 0.271 e. The van der Waals surface area contributed by atoms with Crippen LogP contribution >= 0.6 is 11.3 Å². The minimum absolute atomic E-state index is 0.0703. The Morgan fingerprint density at radius 3 is 2.71 bits per heavy atom. The van der Waals surface area contributed by atoms with Gasteiger partial charge in [0.25, 0.3) is 5.91 Å². The highest BCUT2D eigenvalue weighted by molar-refractivity contribution is 7.10. The van der Waals surface area contributed by atoms with E-state index < -0.39 is 0 Å². The van der Waals surface area contributed by atoms with Gasteiger partial charge in [-0.15, -0.1) is 11.3 Å². The second kappa shape index (κ2) is 9.13. The normalized spacial score (nSPS) is 16.3. The Morgan fingerprint density at radius 2 is 2.08 bits per heavy atom. The Hall–Kier alpha value is -1.47. The minimum atomic E-state index is -0.0703. The summed E-state index contributed by atoms with van der Waals surface area (Å²) in [5.41, 5.74) is 2.30. The molecule has 2 amide bonds. The fourth-order valence-corrected chi connectivity index (χ4v) is 3.65. The monoisotopic (exact) mass is 352 g/mol. The number of carbonyl (C=O) groups is 2. The minimum Gasteiger partial charge on any atom is -0.355 e. The van der Waals surface area contributed by atoms with Crippen LogP contribution in [0.3, 0.4) is 0 Å². The van der Waals surface area contributed by atoms with Crippen molar-refractivity contribution in [2.75, 3.05) is 26.2 Å². The third kappa shape index (κ3) is 5.27. The molecule has 7 heteroatoms. The van der Waals surface area contributed by atoms with Gasteiger partial charge in [0.2, 0.25) is 5.91 Å². The van der Waals surface area contributed by atoms with Crippen molar-refractivity contribution in [1.82, 2.24) is 20.5 Å². The molecule has 6 nitrogen and oxygen atoms in total. The van der Waals surface area contributed by atoms with Gasteiger partial charge in [-0.05, 0) is 25.2 Å². The number of carbonyl (C=O) groups excluding carboxylic acids is 2. The van der Waals surface area contributed by atoms with E-state index >= 15 is 0 Å². The zero-order valence-electron chi connectivity index (χ0n) is 14.8. The van der Waals surface area contributed by atoms with E-state index in [1.54, 1.807) is 5.51 Å². The molecule has 1 saturated heterocycles. The van der Waals surface area contributed by atoms with Crippen molar-refractivity contribution in [3.63, 3.8) is 0 Å². The van der Waals surface area contributed by atoms with Crippen molar-refractivity contribution >= 4 is 23.2 Å². The summed E-state index contributed by atoms with van der Waals surface area (Å²) in [5.74, 6) is 0.323. The number of nitrogens with zero attached hydrogens (tertiary/aromatic N) is 2. The molecule has 0 aliphatic carbocycles. The lowest BCUT2D eigenvalue weighted by atomic mass is 10.0. The van der Waals surface area contributed by atoms with Gasteiger partial charge < -0.3 is 10.6 Å². The first-order valence-corrected chi connectivity index (χ1v) is 9.62. The maximum absolute atomic E-state index is 12.4. The van der Waals surface area contributed by atoms with E-state index in [2.05, 4.69) is 34.4 Å². The number of piperidine rings is 1. The number of nitrogens with one attached hydrogen (secondary N) is 2. The SMILES string of the molecule is CCCNC(=O)CN1CCC(NC(=O)c2ncsc2C(C)C)CC1. The molecule has 2 N–H and O–H groups in total. The molecule has 0 saturated carbocycles. The smallest absolute Gasteiger partial charge is 0.271 e. The first-order valence-electron chi connectivity index (χ1n) is 8.74. The number of hydrogen-bond acceptors (Lipinski definition) is 5. The van der Waals surface area contributed by atoms with Crippen LogP contribution in [0.2, 0.25) is 0 Å². The Morgan fingerprint density at radius 1 is 1.38 bits per heavy atom. The molecule has 1 aromatic rings. The van der Waals surface area contributed by atoms with Gasteiger partial charge >= 0.3 is 0 Å². The fourth-order valence-electron chi connectivity index (χ4n) is 2.85. The molecule has 1 aromatic heterocycles. The molecular weight excluding hydrogens is 324 g/mol. The van der Waals surface area contributed by atoms with Crippen LogP contribution < -0.4 is 10.6 Å². The van der Waals surface area contributed by atoms with Crippen LogP contribution in [-0.2, 0) is 4.79 Å².